The normalized spacial score (nSPS) is 17.0. The number of rotatable bonds is 5. The van der Waals surface area contributed by atoms with Crippen LogP contribution in [-0.4, -0.2) is 47.2 Å². The van der Waals surface area contributed by atoms with Crippen LogP contribution >= 0.6 is 0 Å². The molecule has 0 aliphatic heterocycles. The topological polar surface area (TPSA) is 61.0 Å². The van der Waals surface area contributed by atoms with Gasteiger partial charge in [0.15, 0.2) is 0 Å². The summed E-state index contributed by atoms with van der Waals surface area (Å²) in [6, 6.07) is 9.01. The smallest absolute Gasteiger partial charge is 0.269 e. The molecule has 1 aromatic carbocycles. The second-order valence-corrected chi connectivity index (χ2v) is 7.61. The standard InChI is InChI=1S/C21H28N4O/c1-25(16-8-3-2-4-9-16)14-13-22-21(26)20-18-12-11-15-7-5-6-10-17(15)19(18)23-24-20/h5-7,10,16H,2-4,8-9,11-14H2,1H3,(H,22,26)(H,23,24). The predicted octanol–water partition coefficient (Wildman–Crippen LogP) is 3.17. The van der Waals surface area contributed by atoms with E-state index >= 15 is 0 Å². The van der Waals surface area contributed by atoms with E-state index in [1.54, 1.807) is 0 Å². The summed E-state index contributed by atoms with van der Waals surface area (Å²) in [5.41, 5.74) is 5.10. The van der Waals surface area contributed by atoms with E-state index in [2.05, 4.69) is 45.7 Å². The Kier molecular flexibility index (Phi) is 5.07. The van der Waals surface area contributed by atoms with Crippen LogP contribution in [0.5, 0.6) is 0 Å². The van der Waals surface area contributed by atoms with Gasteiger partial charge in [0, 0.05) is 30.3 Å². The zero-order chi connectivity index (χ0) is 17.9. The highest BCUT2D eigenvalue weighted by molar-refractivity contribution is 5.96. The average Bonchev–Trinajstić information content (AvgIpc) is 3.13. The Morgan fingerprint density at radius 2 is 2.04 bits per heavy atom. The van der Waals surface area contributed by atoms with Crippen molar-refractivity contribution in [2.45, 2.75) is 51.0 Å². The molecule has 1 saturated carbocycles. The highest BCUT2D eigenvalue weighted by Crippen LogP contribution is 2.33. The number of fused-ring (bicyclic) bond motifs is 3. The Labute approximate surface area is 155 Å². The number of hydrogen-bond donors (Lipinski definition) is 2. The van der Waals surface area contributed by atoms with Gasteiger partial charge in [-0.2, -0.15) is 5.10 Å². The molecule has 0 unspecified atom stereocenters. The molecular formula is C21H28N4O. The number of aromatic amines is 1. The third kappa shape index (κ3) is 3.40. The molecule has 2 aromatic rings. The van der Waals surface area contributed by atoms with E-state index in [9.17, 15) is 4.79 Å². The maximum Gasteiger partial charge on any atom is 0.269 e. The van der Waals surface area contributed by atoms with E-state index < -0.39 is 0 Å². The fourth-order valence-corrected chi connectivity index (χ4v) is 4.39. The molecule has 5 heteroatoms. The lowest BCUT2D eigenvalue weighted by molar-refractivity contribution is 0.0938. The van der Waals surface area contributed by atoms with Crippen LogP contribution in [0.15, 0.2) is 24.3 Å². The quantitative estimate of drug-likeness (QED) is 0.869. The zero-order valence-electron chi connectivity index (χ0n) is 15.6. The van der Waals surface area contributed by atoms with E-state index in [1.807, 2.05) is 6.07 Å². The number of aryl methyl sites for hydroxylation is 1. The Hall–Kier alpha value is -2.14. The van der Waals surface area contributed by atoms with E-state index in [0.717, 1.165) is 36.2 Å². The maximum absolute atomic E-state index is 12.6. The van der Waals surface area contributed by atoms with E-state index in [4.69, 9.17) is 0 Å². The molecule has 2 aliphatic carbocycles. The van der Waals surface area contributed by atoms with Crippen LogP contribution in [0.4, 0.5) is 0 Å². The second-order valence-electron chi connectivity index (χ2n) is 7.61. The van der Waals surface area contributed by atoms with Crippen LogP contribution < -0.4 is 5.32 Å². The van der Waals surface area contributed by atoms with Crippen molar-refractivity contribution in [3.05, 3.63) is 41.1 Å². The molecule has 0 radical (unpaired) electrons. The molecule has 1 amide bonds. The minimum atomic E-state index is -0.0322. The van der Waals surface area contributed by atoms with Gasteiger partial charge in [-0.25, -0.2) is 0 Å². The van der Waals surface area contributed by atoms with Crippen molar-refractivity contribution in [2.24, 2.45) is 0 Å². The van der Waals surface area contributed by atoms with Crippen LogP contribution in [0.2, 0.25) is 0 Å². The number of H-pyrrole nitrogens is 1. The van der Waals surface area contributed by atoms with Crippen molar-refractivity contribution < 1.29 is 4.79 Å². The third-order valence-corrected chi connectivity index (χ3v) is 5.96. The molecule has 5 nitrogen and oxygen atoms in total. The van der Waals surface area contributed by atoms with E-state index in [-0.39, 0.29) is 5.91 Å². The Balaban J connectivity index is 1.37. The molecule has 1 aromatic heterocycles. The largest absolute Gasteiger partial charge is 0.349 e. The van der Waals surface area contributed by atoms with Gasteiger partial charge in [0.05, 0.1) is 5.69 Å². The summed E-state index contributed by atoms with van der Waals surface area (Å²) in [6.07, 6.45) is 8.46. The highest BCUT2D eigenvalue weighted by Gasteiger charge is 2.25. The maximum atomic E-state index is 12.6. The molecule has 26 heavy (non-hydrogen) atoms. The fourth-order valence-electron chi connectivity index (χ4n) is 4.39. The van der Waals surface area contributed by atoms with Crippen LogP contribution in [0, 0.1) is 0 Å². The molecule has 2 N–H and O–H groups in total. The average molecular weight is 352 g/mol. The van der Waals surface area contributed by atoms with Crippen molar-refractivity contribution in [3.8, 4) is 11.3 Å². The van der Waals surface area contributed by atoms with Crippen molar-refractivity contribution in [1.29, 1.82) is 0 Å². The first kappa shape index (κ1) is 17.3. The van der Waals surface area contributed by atoms with E-state index in [1.165, 1.54) is 37.7 Å². The number of likely N-dealkylation sites (N-methyl/N-ethyl adjacent to an activating group) is 1. The monoisotopic (exact) mass is 352 g/mol. The summed E-state index contributed by atoms with van der Waals surface area (Å²) in [4.78, 5) is 15.0. The lowest BCUT2D eigenvalue weighted by atomic mass is 9.89. The van der Waals surface area contributed by atoms with Gasteiger partial charge in [0.1, 0.15) is 5.69 Å². The molecule has 4 rings (SSSR count). The number of carbonyl (C=O) groups is 1. The summed E-state index contributed by atoms with van der Waals surface area (Å²) in [6.45, 7) is 1.58. The van der Waals surface area contributed by atoms with Crippen molar-refractivity contribution >= 4 is 5.91 Å². The molecule has 2 aliphatic rings. The molecule has 0 spiro atoms. The van der Waals surface area contributed by atoms with Crippen LogP contribution in [0.1, 0.15) is 53.7 Å². The first-order valence-corrected chi connectivity index (χ1v) is 9.88. The lowest BCUT2D eigenvalue weighted by Crippen LogP contribution is -2.39. The van der Waals surface area contributed by atoms with Gasteiger partial charge in [-0.3, -0.25) is 9.89 Å². The van der Waals surface area contributed by atoms with E-state index in [0.29, 0.717) is 18.3 Å². The number of nitrogens with one attached hydrogen (secondary N) is 2. The molecule has 0 saturated heterocycles. The zero-order valence-corrected chi connectivity index (χ0v) is 15.6. The minimum absolute atomic E-state index is 0.0322. The van der Waals surface area contributed by atoms with Crippen molar-refractivity contribution in [3.63, 3.8) is 0 Å². The predicted molar refractivity (Wildman–Crippen MR) is 103 cm³/mol. The van der Waals surface area contributed by atoms with Gasteiger partial charge >= 0.3 is 0 Å². The van der Waals surface area contributed by atoms with Crippen molar-refractivity contribution in [2.75, 3.05) is 20.1 Å². The molecular weight excluding hydrogens is 324 g/mol. The van der Waals surface area contributed by atoms with Gasteiger partial charge in [-0.1, -0.05) is 43.5 Å². The van der Waals surface area contributed by atoms with Crippen LogP contribution in [0.3, 0.4) is 0 Å². The van der Waals surface area contributed by atoms with Crippen LogP contribution in [0.25, 0.3) is 11.3 Å². The molecule has 0 bridgehead atoms. The summed E-state index contributed by atoms with van der Waals surface area (Å²) < 4.78 is 0. The van der Waals surface area contributed by atoms with Gasteiger partial charge < -0.3 is 10.2 Å². The van der Waals surface area contributed by atoms with Gasteiger partial charge in [0.25, 0.3) is 5.91 Å². The molecule has 0 atom stereocenters. The number of benzene rings is 1. The Morgan fingerprint density at radius 3 is 2.88 bits per heavy atom. The minimum Gasteiger partial charge on any atom is -0.349 e. The number of nitrogens with zero attached hydrogens (tertiary/aromatic N) is 2. The lowest BCUT2D eigenvalue weighted by Gasteiger charge is -2.31. The Bertz CT molecular complexity index is 776. The second kappa shape index (κ2) is 7.62. The van der Waals surface area contributed by atoms with Gasteiger partial charge in [0.2, 0.25) is 0 Å². The summed E-state index contributed by atoms with van der Waals surface area (Å²) >= 11 is 0. The summed E-state index contributed by atoms with van der Waals surface area (Å²) in [5.74, 6) is -0.0322. The number of aromatic nitrogens is 2. The SMILES string of the molecule is CN(CCNC(=O)c1[nH]nc2c1CCc1ccccc1-2)C1CCCCC1. The summed E-state index contributed by atoms with van der Waals surface area (Å²) in [7, 11) is 2.18. The molecule has 138 valence electrons. The number of carbonyl (C=O) groups excluding carboxylic acids is 1. The number of hydrogen-bond acceptors (Lipinski definition) is 3. The van der Waals surface area contributed by atoms with Gasteiger partial charge in [-0.05, 0) is 38.3 Å². The molecule has 1 heterocycles. The third-order valence-electron chi connectivity index (χ3n) is 5.96. The first-order chi connectivity index (χ1) is 12.7. The first-order valence-electron chi connectivity index (χ1n) is 9.88. The van der Waals surface area contributed by atoms with Crippen LogP contribution in [-0.2, 0) is 12.8 Å². The number of amides is 1. The van der Waals surface area contributed by atoms with Gasteiger partial charge in [-0.15, -0.1) is 0 Å². The fraction of sp³-hybridized carbons (Fsp3) is 0.524. The Morgan fingerprint density at radius 1 is 1.23 bits per heavy atom. The van der Waals surface area contributed by atoms with Crippen molar-refractivity contribution in [1.82, 2.24) is 20.4 Å². The molecule has 1 fully saturated rings. The highest BCUT2D eigenvalue weighted by atomic mass is 16.1. The summed E-state index contributed by atoms with van der Waals surface area (Å²) in [5, 5.41) is 10.5.